The van der Waals surface area contributed by atoms with Crippen LogP contribution in [0.4, 0.5) is 0 Å². The highest BCUT2D eigenvalue weighted by Gasteiger charge is 2.20. The summed E-state index contributed by atoms with van der Waals surface area (Å²) in [6.07, 6.45) is 3.47. The third-order valence-electron chi connectivity index (χ3n) is 3.46. The number of ketones is 1. The predicted molar refractivity (Wildman–Crippen MR) is 90.3 cm³/mol. The van der Waals surface area contributed by atoms with Gasteiger partial charge in [-0.1, -0.05) is 42.1 Å². The topological polar surface area (TPSA) is 60.7 Å². The van der Waals surface area contributed by atoms with E-state index < -0.39 is 0 Å². The zero-order chi connectivity index (χ0) is 16.2. The molecule has 2 aromatic heterocycles. The van der Waals surface area contributed by atoms with Gasteiger partial charge in [-0.15, -0.1) is 10.2 Å². The van der Waals surface area contributed by atoms with Gasteiger partial charge >= 0.3 is 0 Å². The molecule has 1 unspecified atom stereocenters. The molecule has 0 aliphatic heterocycles. The van der Waals surface area contributed by atoms with Gasteiger partial charge in [0.05, 0.1) is 5.25 Å². The Balaban J connectivity index is 1.79. The van der Waals surface area contributed by atoms with E-state index in [1.54, 1.807) is 12.4 Å². The molecule has 3 rings (SSSR count). The van der Waals surface area contributed by atoms with Gasteiger partial charge in [-0.05, 0) is 19.1 Å². The van der Waals surface area contributed by atoms with E-state index in [0.29, 0.717) is 10.7 Å². The van der Waals surface area contributed by atoms with Crippen molar-refractivity contribution in [2.24, 2.45) is 7.05 Å². The molecule has 23 heavy (non-hydrogen) atoms. The first-order chi connectivity index (χ1) is 11.2. The molecule has 0 radical (unpaired) electrons. The van der Waals surface area contributed by atoms with Crippen LogP contribution in [0.2, 0.25) is 0 Å². The van der Waals surface area contributed by atoms with Crippen LogP contribution >= 0.6 is 11.8 Å². The van der Waals surface area contributed by atoms with E-state index >= 15 is 0 Å². The molecule has 3 aromatic rings. The van der Waals surface area contributed by atoms with Crippen molar-refractivity contribution >= 4 is 17.5 Å². The lowest BCUT2D eigenvalue weighted by Gasteiger charge is -2.10. The summed E-state index contributed by atoms with van der Waals surface area (Å²) >= 11 is 1.41. The van der Waals surface area contributed by atoms with Crippen LogP contribution in [0.1, 0.15) is 17.3 Å². The first-order valence-corrected chi connectivity index (χ1v) is 8.10. The Bertz CT molecular complexity index is 802. The van der Waals surface area contributed by atoms with Gasteiger partial charge in [-0.2, -0.15) is 0 Å². The Morgan fingerprint density at radius 2 is 1.91 bits per heavy atom. The minimum absolute atomic E-state index is 0.0847. The van der Waals surface area contributed by atoms with E-state index in [0.717, 1.165) is 11.4 Å². The van der Waals surface area contributed by atoms with Crippen LogP contribution in [0.5, 0.6) is 0 Å². The van der Waals surface area contributed by atoms with Crippen molar-refractivity contribution in [3.63, 3.8) is 0 Å². The maximum Gasteiger partial charge on any atom is 0.191 e. The zero-order valence-corrected chi connectivity index (χ0v) is 13.7. The second-order valence-electron chi connectivity index (χ2n) is 5.10. The Labute approximate surface area is 138 Å². The van der Waals surface area contributed by atoms with E-state index in [4.69, 9.17) is 0 Å². The second kappa shape index (κ2) is 6.75. The summed E-state index contributed by atoms with van der Waals surface area (Å²) in [4.78, 5) is 16.5. The number of carbonyl (C=O) groups is 1. The lowest BCUT2D eigenvalue weighted by molar-refractivity contribution is 0.0994. The van der Waals surface area contributed by atoms with Crippen LogP contribution in [0, 0.1) is 0 Å². The highest BCUT2D eigenvalue weighted by Crippen LogP contribution is 2.26. The molecule has 2 heterocycles. The fourth-order valence-corrected chi connectivity index (χ4v) is 3.10. The highest BCUT2D eigenvalue weighted by atomic mass is 32.2. The quantitative estimate of drug-likeness (QED) is 0.532. The average Bonchev–Trinajstić information content (AvgIpc) is 2.96. The van der Waals surface area contributed by atoms with Crippen LogP contribution in [0.25, 0.3) is 11.4 Å². The van der Waals surface area contributed by atoms with E-state index in [2.05, 4.69) is 15.2 Å². The average molecular weight is 324 g/mol. The van der Waals surface area contributed by atoms with Crippen LogP contribution in [0.3, 0.4) is 0 Å². The van der Waals surface area contributed by atoms with Crippen LogP contribution < -0.4 is 0 Å². The van der Waals surface area contributed by atoms with Crippen molar-refractivity contribution in [2.45, 2.75) is 17.3 Å². The number of hydrogen-bond acceptors (Lipinski definition) is 5. The summed E-state index contributed by atoms with van der Waals surface area (Å²) < 4.78 is 1.89. The molecule has 6 heteroatoms. The molecule has 0 aliphatic carbocycles. The molecule has 1 atom stereocenters. The first-order valence-electron chi connectivity index (χ1n) is 7.22. The Hall–Kier alpha value is -2.47. The van der Waals surface area contributed by atoms with Gasteiger partial charge in [0.2, 0.25) is 0 Å². The number of aromatic nitrogens is 4. The number of nitrogens with zero attached hydrogens (tertiary/aromatic N) is 4. The van der Waals surface area contributed by atoms with Crippen molar-refractivity contribution in [1.82, 2.24) is 19.7 Å². The van der Waals surface area contributed by atoms with Crippen LogP contribution in [-0.4, -0.2) is 30.8 Å². The van der Waals surface area contributed by atoms with Gasteiger partial charge in [0.1, 0.15) is 0 Å². The fraction of sp³-hybridized carbons (Fsp3) is 0.176. The molecule has 0 bridgehead atoms. The van der Waals surface area contributed by atoms with Crippen LogP contribution in [0.15, 0.2) is 60.0 Å². The number of rotatable bonds is 5. The number of pyridine rings is 1. The molecule has 0 saturated heterocycles. The molecule has 1 aromatic carbocycles. The summed E-state index contributed by atoms with van der Waals surface area (Å²) in [5.74, 6) is 0.821. The van der Waals surface area contributed by atoms with E-state index in [-0.39, 0.29) is 11.0 Å². The minimum atomic E-state index is -0.234. The number of benzene rings is 1. The molecule has 0 fully saturated rings. The largest absolute Gasteiger partial charge is 0.305 e. The standard InChI is InChI=1S/C17H16N4OS/c1-12(15(22)13-7-4-3-5-8-13)23-17-20-19-16(21(17)2)14-9-6-10-18-11-14/h3-12H,1-2H3. The molecule has 0 amide bonds. The van der Waals surface area contributed by atoms with E-state index in [1.165, 1.54) is 11.8 Å². The van der Waals surface area contributed by atoms with Crippen molar-refractivity contribution in [3.05, 3.63) is 60.4 Å². The lowest BCUT2D eigenvalue weighted by Crippen LogP contribution is -2.14. The van der Waals surface area contributed by atoms with Gasteiger partial charge in [0.25, 0.3) is 0 Å². The highest BCUT2D eigenvalue weighted by molar-refractivity contribution is 8.00. The Morgan fingerprint density at radius 3 is 2.61 bits per heavy atom. The van der Waals surface area contributed by atoms with Crippen molar-refractivity contribution in [1.29, 1.82) is 0 Å². The molecule has 5 nitrogen and oxygen atoms in total. The van der Waals surface area contributed by atoms with Crippen LogP contribution in [-0.2, 0) is 7.05 Å². The van der Waals surface area contributed by atoms with E-state index in [9.17, 15) is 4.79 Å². The van der Waals surface area contributed by atoms with Crippen molar-refractivity contribution in [3.8, 4) is 11.4 Å². The molecule has 0 saturated carbocycles. The SMILES string of the molecule is CC(Sc1nnc(-c2cccnc2)n1C)C(=O)c1ccccc1. The zero-order valence-electron chi connectivity index (χ0n) is 12.9. The minimum Gasteiger partial charge on any atom is -0.305 e. The Morgan fingerprint density at radius 1 is 1.13 bits per heavy atom. The number of hydrogen-bond donors (Lipinski definition) is 0. The molecule has 0 N–H and O–H groups in total. The molecule has 0 aliphatic rings. The maximum absolute atomic E-state index is 12.4. The Kier molecular flexibility index (Phi) is 4.52. The van der Waals surface area contributed by atoms with Crippen molar-refractivity contribution < 1.29 is 4.79 Å². The van der Waals surface area contributed by atoms with Gasteiger partial charge in [-0.25, -0.2) is 0 Å². The van der Waals surface area contributed by atoms with Gasteiger partial charge in [0.15, 0.2) is 16.8 Å². The van der Waals surface area contributed by atoms with Gasteiger partial charge < -0.3 is 4.57 Å². The summed E-state index contributed by atoms with van der Waals surface area (Å²) in [7, 11) is 1.89. The van der Waals surface area contributed by atoms with Gasteiger partial charge in [0, 0.05) is 30.6 Å². The summed E-state index contributed by atoms with van der Waals surface area (Å²) in [6.45, 7) is 1.89. The third kappa shape index (κ3) is 3.32. The lowest BCUT2D eigenvalue weighted by atomic mass is 10.1. The monoisotopic (exact) mass is 324 g/mol. The molecular formula is C17H16N4OS. The second-order valence-corrected chi connectivity index (χ2v) is 6.41. The van der Waals surface area contributed by atoms with Crippen molar-refractivity contribution in [2.75, 3.05) is 0 Å². The predicted octanol–water partition coefficient (Wildman–Crippen LogP) is 3.24. The molecule has 0 spiro atoms. The summed E-state index contributed by atoms with van der Waals surface area (Å²) in [6, 6.07) is 13.1. The maximum atomic E-state index is 12.4. The molecule has 116 valence electrons. The number of Topliss-reactive ketones (excluding diaryl/α,β-unsaturated/α-hetero) is 1. The van der Waals surface area contributed by atoms with E-state index in [1.807, 2.05) is 61.0 Å². The normalized spacial score (nSPS) is 12.1. The summed E-state index contributed by atoms with van der Waals surface area (Å²) in [5.41, 5.74) is 1.61. The van der Waals surface area contributed by atoms with Gasteiger partial charge in [-0.3, -0.25) is 9.78 Å². The smallest absolute Gasteiger partial charge is 0.191 e. The summed E-state index contributed by atoms with van der Waals surface area (Å²) in [5, 5.41) is 8.89. The first kappa shape index (κ1) is 15.4. The third-order valence-corrected chi connectivity index (χ3v) is 4.60. The number of thioether (sulfide) groups is 1. The fourth-order valence-electron chi connectivity index (χ4n) is 2.21. The molecular weight excluding hydrogens is 308 g/mol. The number of carbonyl (C=O) groups excluding carboxylic acids is 1.